The van der Waals surface area contributed by atoms with Crippen molar-refractivity contribution in [3.63, 3.8) is 0 Å². The first-order chi connectivity index (χ1) is 10.1. The van der Waals surface area contributed by atoms with E-state index < -0.39 is 0 Å². The van der Waals surface area contributed by atoms with Crippen LogP contribution >= 0.6 is 36.2 Å². The Morgan fingerprint density at radius 3 is 2.35 bits per heavy atom. The third-order valence-electron chi connectivity index (χ3n) is 3.87. The molecule has 0 aliphatic heterocycles. The number of nitrogens with zero attached hydrogens (tertiary/aromatic N) is 1. The number of nitrogens with two attached hydrogens (primary N) is 1. The average molecular weight is 376 g/mol. The number of aromatic nitrogens is 1. The fourth-order valence-electron chi connectivity index (χ4n) is 2.16. The van der Waals surface area contributed by atoms with Crippen LogP contribution in [0, 0.1) is 0 Å². The van der Waals surface area contributed by atoms with Gasteiger partial charge in [0.2, 0.25) is 0 Å². The molecule has 2 rings (SSSR count). The monoisotopic (exact) mass is 375 g/mol. The Kier molecular flexibility index (Phi) is 9.39. The van der Waals surface area contributed by atoms with Gasteiger partial charge in [-0.2, -0.15) is 0 Å². The second-order valence-electron chi connectivity index (χ2n) is 5.04. The predicted molar refractivity (Wildman–Crippen MR) is 102 cm³/mol. The molecule has 0 aliphatic carbocycles. The first-order valence-electron chi connectivity index (χ1n) is 7.18. The van der Waals surface area contributed by atoms with E-state index in [-0.39, 0.29) is 36.3 Å². The van der Waals surface area contributed by atoms with E-state index in [1.165, 1.54) is 11.3 Å². The molecule has 0 fully saturated rings. The topological polar surface area (TPSA) is 68.0 Å². The maximum atomic E-state index is 12.4. The second kappa shape index (κ2) is 9.88. The minimum Gasteiger partial charge on any atom is -0.345 e. The zero-order valence-electron chi connectivity index (χ0n) is 13.2. The molecule has 1 amide bonds. The van der Waals surface area contributed by atoms with E-state index >= 15 is 0 Å². The lowest BCUT2D eigenvalue weighted by molar-refractivity contribution is 0.0899. The van der Waals surface area contributed by atoms with E-state index in [0.29, 0.717) is 11.4 Å². The number of carbonyl (C=O) groups is 1. The van der Waals surface area contributed by atoms with E-state index in [0.717, 1.165) is 23.4 Å². The number of nitrogens with one attached hydrogen (secondary N) is 1. The van der Waals surface area contributed by atoms with Gasteiger partial charge in [0, 0.05) is 12.1 Å². The van der Waals surface area contributed by atoms with Gasteiger partial charge in [-0.05, 0) is 12.8 Å². The van der Waals surface area contributed by atoms with Gasteiger partial charge in [0.1, 0.15) is 9.88 Å². The van der Waals surface area contributed by atoms with Crippen LogP contribution in [0.1, 0.15) is 36.4 Å². The van der Waals surface area contributed by atoms with Crippen molar-refractivity contribution >= 4 is 42.1 Å². The molecule has 0 bridgehead atoms. The predicted octanol–water partition coefficient (Wildman–Crippen LogP) is 3.90. The Labute approximate surface area is 153 Å². The molecule has 1 aromatic heterocycles. The number of hydrogen-bond acceptors (Lipinski definition) is 4. The smallest absolute Gasteiger partial charge is 0.263 e. The molecule has 2 aromatic rings. The highest BCUT2D eigenvalue weighted by molar-refractivity contribution is 7.16. The van der Waals surface area contributed by atoms with E-state index in [1.807, 2.05) is 44.2 Å². The van der Waals surface area contributed by atoms with Gasteiger partial charge in [-0.1, -0.05) is 44.2 Å². The van der Waals surface area contributed by atoms with Gasteiger partial charge in [-0.15, -0.1) is 36.2 Å². The summed E-state index contributed by atoms with van der Waals surface area (Å²) in [5.41, 5.74) is 6.52. The van der Waals surface area contributed by atoms with Crippen LogP contribution in [-0.2, 0) is 0 Å². The molecule has 7 heteroatoms. The Balaban J connectivity index is 0.00000242. The average Bonchev–Trinajstić information content (AvgIpc) is 3.04. The Bertz CT molecular complexity index is 592. The van der Waals surface area contributed by atoms with Crippen LogP contribution in [0.3, 0.4) is 0 Å². The lowest BCUT2D eigenvalue weighted by Crippen LogP contribution is -2.52. The van der Waals surface area contributed by atoms with Crippen molar-refractivity contribution in [2.45, 2.75) is 32.2 Å². The normalized spacial score (nSPS) is 10.4. The van der Waals surface area contributed by atoms with Crippen molar-refractivity contribution in [2.75, 3.05) is 6.54 Å². The zero-order valence-corrected chi connectivity index (χ0v) is 15.7. The van der Waals surface area contributed by atoms with Crippen molar-refractivity contribution in [1.29, 1.82) is 0 Å². The highest BCUT2D eigenvalue weighted by atomic mass is 35.5. The Hall–Kier alpha value is -1.14. The minimum absolute atomic E-state index is 0. The first kappa shape index (κ1) is 21.9. The molecule has 4 nitrogen and oxygen atoms in total. The molecule has 0 radical (unpaired) electrons. The summed E-state index contributed by atoms with van der Waals surface area (Å²) in [7, 11) is 0. The molecule has 3 N–H and O–H groups in total. The number of carbonyl (C=O) groups excluding carboxylic acids is 1. The fourth-order valence-corrected chi connectivity index (χ4v) is 2.98. The van der Waals surface area contributed by atoms with Gasteiger partial charge in [0.25, 0.3) is 5.91 Å². The molecule has 23 heavy (non-hydrogen) atoms. The lowest BCUT2D eigenvalue weighted by Gasteiger charge is -2.31. The Morgan fingerprint density at radius 1 is 1.22 bits per heavy atom. The number of halogens is 2. The molecular formula is C16H23Cl2N3OS. The molecule has 1 aromatic carbocycles. The van der Waals surface area contributed by atoms with E-state index in [1.54, 1.807) is 6.20 Å². The van der Waals surface area contributed by atoms with Crippen LogP contribution in [0.15, 0.2) is 36.5 Å². The molecule has 0 saturated heterocycles. The van der Waals surface area contributed by atoms with Gasteiger partial charge < -0.3 is 11.1 Å². The summed E-state index contributed by atoms with van der Waals surface area (Å²) in [5.74, 6) is -0.0937. The molecule has 0 saturated carbocycles. The highest BCUT2D eigenvalue weighted by Gasteiger charge is 2.27. The van der Waals surface area contributed by atoms with Gasteiger partial charge in [-0.3, -0.25) is 4.79 Å². The van der Waals surface area contributed by atoms with E-state index in [2.05, 4.69) is 10.3 Å². The standard InChI is InChI=1S/C16H21N3OS.2ClH/c1-3-16(4-2,11-17)19-14(20)13-10-18-15(21-13)12-8-6-5-7-9-12;;/h5-10H,3-4,11,17H2,1-2H3,(H,19,20);2*1H. The summed E-state index contributed by atoms with van der Waals surface area (Å²) >= 11 is 1.40. The summed E-state index contributed by atoms with van der Waals surface area (Å²) in [6, 6.07) is 9.86. The molecule has 0 unspecified atom stereocenters. The third kappa shape index (κ3) is 5.18. The third-order valence-corrected chi connectivity index (χ3v) is 4.92. The first-order valence-corrected chi connectivity index (χ1v) is 7.99. The maximum absolute atomic E-state index is 12.4. The fraction of sp³-hybridized carbons (Fsp3) is 0.375. The number of amides is 1. The second-order valence-corrected chi connectivity index (χ2v) is 6.07. The number of benzene rings is 1. The van der Waals surface area contributed by atoms with Gasteiger partial charge in [0.15, 0.2) is 0 Å². The van der Waals surface area contributed by atoms with Crippen LogP contribution in [-0.4, -0.2) is 23.0 Å². The summed E-state index contributed by atoms with van der Waals surface area (Å²) in [5, 5.41) is 3.92. The van der Waals surface area contributed by atoms with E-state index in [9.17, 15) is 4.79 Å². The SMILES string of the molecule is CCC(CC)(CN)NC(=O)c1cnc(-c2ccccc2)s1.Cl.Cl. The summed E-state index contributed by atoms with van der Waals surface area (Å²) < 4.78 is 0. The molecule has 0 atom stereocenters. The highest BCUT2D eigenvalue weighted by Crippen LogP contribution is 2.25. The van der Waals surface area contributed by atoms with Crippen molar-refractivity contribution in [1.82, 2.24) is 10.3 Å². The van der Waals surface area contributed by atoms with Gasteiger partial charge >= 0.3 is 0 Å². The largest absolute Gasteiger partial charge is 0.345 e. The number of thiazole rings is 1. The van der Waals surface area contributed by atoms with Crippen LogP contribution in [0.5, 0.6) is 0 Å². The zero-order chi connectivity index (χ0) is 15.3. The molecule has 0 aliphatic rings. The van der Waals surface area contributed by atoms with E-state index in [4.69, 9.17) is 5.73 Å². The summed E-state index contributed by atoms with van der Waals surface area (Å²) in [6.07, 6.45) is 3.26. The van der Waals surface area contributed by atoms with Crippen molar-refractivity contribution in [3.8, 4) is 10.6 Å². The van der Waals surface area contributed by atoms with Crippen molar-refractivity contribution in [2.24, 2.45) is 5.73 Å². The van der Waals surface area contributed by atoms with Crippen LogP contribution in [0.2, 0.25) is 0 Å². The summed E-state index contributed by atoms with van der Waals surface area (Å²) in [4.78, 5) is 17.3. The van der Waals surface area contributed by atoms with Gasteiger partial charge in [-0.25, -0.2) is 4.98 Å². The molecule has 128 valence electrons. The molecular weight excluding hydrogens is 353 g/mol. The van der Waals surface area contributed by atoms with Crippen molar-refractivity contribution < 1.29 is 4.79 Å². The number of rotatable bonds is 6. The van der Waals surface area contributed by atoms with Crippen LogP contribution in [0.4, 0.5) is 0 Å². The Morgan fingerprint density at radius 2 is 1.83 bits per heavy atom. The minimum atomic E-state index is -0.325. The quantitative estimate of drug-likeness (QED) is 0.804. The summed E-state index contributed by atoms with van der Waals surface area (Å²) in [6.45, 7) is 4.52. The van der Waals surface area contributed by atoms with Crippen LogP contribution in [0.25, 0.3) is 10.6 Å². The maximum Gasteiger partial charge on any atom is 0.263 e. The van der Waals surface area contributed by atoms with Gasteiger partial charge in [0.05, 0.1) is 11.7 Å². The molecule has 1 heterocycles. The molecule has 0 spiro atoms. The van der Waals surface area contributed by atoms with Crippen molar-refractivity contribution in [3.05, 3.63) is 41.4 Å². The lowest BCUT2D eigenvalue weighted by atomic mass is 9.93. The van der Waals surface area contributed by atoms with Crippen LogP contribution < -0.4 is 11.1 Å². The number of hydrogen-bond donors (Lipinski definition) is 2.